The molecule has 0 aliphatic rings. The summed E-state index contributed by atoms with van der Waals surface area (Å²) in [6.45, 7) is -0.269. The van der Waals surface area contributed by atoms with Gasteiger partial charge in [0.15, 0.2) is 5.76 Å². The van der Waals surface area contributed by atoms with E-state index in [4.69, 9.17) is 21.2 Å². The largest absolute Gasteiger partial charge is 0.388 e. The number of benzene rings is 1. The first-order chi connectivity index (χ1) is 7.20. The summed E-state index contributed by atoms with van der Waals surface area (Å²) in [5.74, 6) is -0.151. The molecule has 0 saturated carbocycles. The SMILES string of the molecule is OCc1cc(-c2cc(Cl)ccc2F)no1. The molecule has 1 N–H and O–H groups in total. The lowest BCUT2D eigenvalue weighted by molar-refractivity contribution is 0.229. The fourth-order valence-corrected chi connectivity index (χ4v) is 1.38. The molecular weight excluding hydrogens is 221 g/mol. The Balaban J connectivity index is 2.48. The fraction of sp³-hybridized carbons (Fsp3) is 0.100. The van der Waals surface area contributed by atoms with Gasteiger partial charge in [-0.1, -0.05) is 16.8 Å². The number of aliphatic hydroxyl groups is 1. The third kappa shape index (κ3) is 2.00. The first-order valence-electron chi connectivity index (χ1n) is 4.22. The van der Waals surface area contributed by atoms with Crippen LogP contribution in [0, 0.1) is 5.82 Å². The van der Waals surface area contributed by atoms with Gasteiger partial charge in [-0.05, 0) is 18.2 Å². The van der Waals surface area contributed by atoms with Crippen LogP contribution in [0.1, 0.15) is 5.76 Å². The lowest BCUT2D eigenvalue weighted by Crippen LogP contribution is -1.83. The van der Waals surface area contributed by atoms with E-state index in [0.29, 0.717) is 10.7 Å². The van der Waals surface area contributed by atoms with Crippen LogP contribution in [0.3, 0.4) is 0 Å². The van der Waals surface area contributed by atoms with Gasteiger partial charge in [-0.25, -0.2) is 4.39 Å². The van der Waals surface area contributed by atoms with E-state index < -0.39 is 5.82 Å². The van der Waals surface area contributed by atoms with Crippen LogP contribution in [0.4, 0.5) is 4.39 Å². The Morgan fingerprint density at radius 2 is 2.20 bits per heavy atom. The normalized spacial score (nSPS) is 10.6. The summed E-state index contributed by atoms with van der Waals surface area (Å²) in [5, 5.41) is 12.8. The first-order valence-corrected chi connectivity index (χ1v) is 4.60. The van der Waals surface area contributed by atoms with Gasteiger partial charge in [0.25, 0.3) is 0 Å². The second-order valence-electron chi connectivity index (χ2n) is 2.96. The van der Waals surface area contributed by atoms with E-state index in [9.17, 15) is 4.39 Å². The molecule has 78 valence electrons. The summed E-state index contributed by atoms with van der Waals surface area (Å²) in [6, 6.07) is 5.63. The molecule has 0 amide bonds. The lowest BCUT2D eigenvalue weighted by atomic mass is 10.1. The number of rotatable bonds is 2. The molecule has 0 aliphatic heterocycles. The molecule has 0 bridgehead atoms. The maximum atomic E-state index is 13.4. The van der Waals surface area contributed by atoms with Crippen molar-refractivity contribution in [3.8, 4) is 11.3 Å². The molecule has 0 atom stereocenters. The topological polar surface area (TPSA) is 46.3 Å². The Kier molecular flexibility index (Phi) is 2.70. The Morgan fingerprint density at radius 3 is 2.87 bits per heavy atom. The van der Waals surface area contributed by atoms with Crippen molar-refractivity contribution >= 4 is 11.6 Å². The van der Waals surface area contributed by atoms with Gasteiger partial charge in [-0.2, -0.15) is 0 Å². The highest BCUT2D eigenvalue weighted by molar-refractivity contribution is 6.30. The van der Waals surface area contributed by atoms with Gasteiger partial charge < -0.3 is 9.63 Å². The van der Waals surface area contributed by atoms with Crippen molar-refractivity contribution in [3.05, 3.63) is 40.9 Å². The minimum Gasteiger partial charge on any atom is -0.388 e. The van der Waals surface area contributed by atoms with E-state index in [-0.39, 0.29) is 17.9 Å². The summed E-state index contributed by atoms with van der Waals surface area (Å²) in [7, 11) is 0. The molecule has 15 heavy (non-hydrogen) atoms. The van der Waals surface area contributed by atoms with Gasteiger partial charge in [-0.15, -0.1) is 0 Å². The van der Waals surface area contributed by atoms with E-state index in [1.54, 1.807) is 0 Å². The van der Waals surface area contributed by atoms with Gasteiger partial charge in [0.1, 0.15) is 18.1 Å². The Labute approximate surface area is 90.1 Å². The van der Waals surface area contributed by atoms with Crippen LogP contribution in [0.15, 0.2) is 28.8 Å². The number of halogens is 2. The van der Waals surface area contributed by atoms with Crippen LogP contribution in [0.2, 0.25) is 5.02 Å². The smallest absolute Gasteiger partial charge is 0.162 e. The quantitative estimate of drug-likeness (QED) is 0.858. The van der Waals surface area contributed by atoms with Crippen LogP contribution in [-0.2, 0) is 6.61 Å². The number of hydrogen-bond acceptors (Lipinski definition) is 3. The fourth-order valence-electron chi connectivity index (χ4n) is 1.21. The van der Waals surface area contributed by atoms with Crippen molar-refractivity contribution in [1.29, 1.82) is 0 Å². The standard InChI is InChI=1S/C10H7ClFNO2/c11-6-1-2-9(12)8(3-6)10-4-7(5-14)15-13-10/h1-4,14H,5H2. The molecule has 0 radical (unpaired) electrons. The molecule has 0 fully saturated rings. The van der Waals surface area contributed by atoms with Crippen LogP contribution in [0.25, 0.3) is 11.3 Å². The van der Waals surface area contributed by atoms with Crippen molar-refractivity contribution in [3.63, 3.8) is 0 Å². The van der Waals surface area contributed by atoms with Crippen LogP contribution in [-0.4, -0.2) is 10.3 Å². The van der Waals surface area contributed by atoms with Crippen molar-refractivity contribution in [1.82, 2.24) is 5.16 Å². The Hall–Kier alpha value is -1.39. The second kappa shape index (κ2) is 4.00. The summed E-state index contributed by atoms with van der Waals surface area (Å²) in [4.78, 5) is 0. The minimum atomic E-state index is -0.433. The summed E-state index contributed by atoms with van der Waals surface area (Å²) < 4.78 is 18.1. The van der Waals surface area contributed by atoms with E-state index >= 15 is 0 Å². The number of hydrogen-bond donors (Lipinski definition) is 1. The maximum Gasteiger partial charge on any atom is 0.162 e. The molecule has 0 aliphatic carbocycles. The highest BCUT2D eigenvalue weighted by Crippen LogP contribution is 2.25. The third-order valence-corrected chi connectivity index (χ3v) is 2.15. The first kappa shape index (κ1) is 10.1. The molecule has 1 aromatic carbocycles. The van der Waals surface area contributed by atoms with E-state index in [0.717, 1.165) is 0 Å². The summed E-state index contributed by atoms with van der Waals surface area (Å²) in [6.07, 6.45) is 0. The van der Waals surface area contributed by atoms with Gasteiger partial charge in [0.05, 0.1) is 0 Å². The molecule has 0 unspecified atom stereocenters. The van der Waals surface area contributed by atoms with Gasteiger partial charge in [-0.3, -0.25) is 0 Å². The predicted octanol–water partition coefficient (Wildman–Crippen LogP) is 2.63. The van der Waals surface area contributed by atoms with Crippen molar-refractivity contribution in [2.75, 3.05) is 0 Å². The molecular formula is C10H7ClFNO2. The Bertz CT molecular complexity index is 484. The average Bonchev–Trinajstić information content (AvgIpc) is 2.70. The molecule has 0 saturated heterocycles. The molecule has 0 spiro atoms. The van der Waals surface area contributed by atoms with Gasteiger partial charge >= 0.3 is 0 Å². The molecule has 2 rings (SSSR count). The summed E-state index contributed by atoms with van der Waals surface area (Å²) in [5.41, 5.74) is 0.574. The minimum absolute atomic E-state index is 0.256. The van der Waals surface area contributed by atoms with Crippen molar-refractivity contribution < 1.29 is 14.0 Å². The van der Waals surface area contributed by atoms with Crippen LogP contribution in [0.5, 0.6) is 0 Å². The third-order valence-electron chi connectivity index (χ3n) is 1.92. The molecule has 5 heteroatoms. The zero-order valence-electron chi connectivity index (χ0n) is 7.58. The number of aliphatic hydroxyl groups excluding tert-OH is 1. The lowest BCUT2D eigenvalue weighted by Gasteiger charge is -1.98. The van der Waals surface area contributed by atoms with E-state index in [1.807, 2.05) is 0 Å². The molecule has 1 aromatic heterocycles. The highest BCUT2D eigenvalue weighted by Gasteiger charge is 2.10. The molecule has 3 nitrogen and oxygen atoms in total. The van der Waals surface area contributed by atoms with Crippen molar-refractivity contribution in [2.45, 2.75) is 6.61 Å². The zero-order chi connectivity index (χ0) is 10.8. The monoisotopic (exact) mass is 227 g/mol. The maximum absolute atomic E-state index is 13.4. The predicted molar refractivity (Wildman–Crippen MR) is 52.8 cm³/mol. The second-order valence-corrected chi connectivity index (χ2v) is 3.40. The average molecular weight is 228 g/mol. The Morgan fingerprint density at radius 1 is 1.40 bits per heavy atom. The number of nitrogens with zero attached hydrogens (tertiary/aromatic N) is 1. The van der Waals surface area contributed by atoms with Crippen molar-refractivity contribution in [2.24, 2.45) is 0 Å². The van der Waals surface area contributed by atoms with Gasteiger partial charge in [0, 0.05) is 16.7 Å². The van der Waals surface area contributed by atoms with E-state index in [1.165, 1.54) is 24.3 Å². The molecule has 2 aromatic rings. The van der Waals surface area contributed by atoms with Crippen LogP contribution < -0.4 is 0 Å². The van der Waals surface area contributed by atoms with Gasteiger partial charge in [0.2, 0.25) is 0 Å². The highest BCUT2D eigenvalue weighted by atomic mass is 35.5. The summed E-state index contributed by atoms with van der Waals surface area (Å²) >= 11 is 5.73. The van der Waals surface area contributed by atoms with Crippen LogP contribution >= 0.6 is 11.6 Å². The molecule has 1 heterocycles. The number of aromatic nitrogens is 1. The van der Waals surface area contributed by atoms with E-state index in [2.05, 4.69) is 5.16 Å². The zero-order valence-corrected chi connectivity index (χ0v) is 8.33.